The van der Waals surface area contributed by atoms with Crippen molar-refractivity contribution in [1.29, 1.82) is 0 Å². The van der Waals surface area contributed by atoms with E-state index in [0.717, 1.165) is 16.7 Å². The Kier molecular flexibility index (Phi) is 3.24. The lowest BCUT2D eigenvalue weighted by atomic mass is 9.98. The average molecular weight is 278 g/mol. The Morgan fingerprint density at radius 2 is 0.952 bits per heavy atom. The largest absolute Gasteiger partial charge is 0.508 e. The molecule has 0 radical (unpaired) electrons. The van der Waals surface area contributed by atoms with E-state index < -0.39 is 0 Å². The Morgan fingerprint density at radius 1 is 0.476 bits per heavy atom. The minimum atomic E-state index is 0.184. The fourth-order valence-corrected chi connectivity index (χ4v) is 2.24. The summed E-state index contributed by atoms with van der Waals surface area (Å²) < 4.78 is 0. The van der Waals surface area contributed by atoms with E-state index >= 15 is 0 Å². The van der Waals surface area contributed by atoms with Gasteiger partial charge in [0, 0.05) is 5.56 Å². The van der Waals surface area contributed by atoms with E-state index in [2.05, 4.69) is 0 Å². The lowest BCUT2D eigenvalue weighted by Gasteiger charge is -2.09. The Labute approximate surface area is 122 Å². The Bertz CT molecular complexity index is 759. The van der Waals surface area contributed by atoms with Crippen molar-refractivity contribution >= 4 is 0 Å². The molecule has 0 heterocycles. The molecule has 3 rings (SSSR count). The second-order valence-corrected chi connectivity index (χ2v) is 4.83. The molecule has 3 N–H and O–H groups in total. The van der Waals surface area contributed by atoms with E-state index in [4.69, 9.17) is 0 Å². The number of hydrogen-bond donors (Lipinski definition) is 3. The van der Waals surface area contributed by atoms with Gasteiger partial charge in [-0.15, -0.1) is 0 Å². The normalized spacial score (nSPS) is 10.5. The minimum Gasteiger partial charge on any atom is -0.508 e. The maximum absolute atomic E-state index is 10.0. The van der Waals surface area contributed by atoms with Crippen LogP contribution in [0.1, 0.15) is 0 Å². The third kappa shape index (κ3) is 2.67. The fourth-order valence-electron chi connectivity index (χ4n) is 2.24. The van der Waals surface area contributed by atoms with Gasteiger partial charge >= 0.3 is 0 Å². The maximum Gasteiger partial charge on any atom is 0.123 e. The molecule has 0 unspecified atom stereocenters. The third-order valence-corrected chi connectivity index (χ3v) is 3.38. The van der Waals surface area contributed by atoms with Crippen LogP contribution in [0.3, 0.4) is 0 Å². The van der Waals surface area contributed by atoms with Gasteiger partial charge in [0.15, 0.2) is 0 Å². The molecule has 0 atom stereocenters. The van der Waals surface area contributed by atoms with Crippen molar-refractivity contribution in [2.24, 2.45) is 0 Å². The van der Waals surface area contributed by atoms with Gasteiger partial charge in [-0.2, -0.15) is 0 Å². The summed E-state index contributed by atoms with van der Waals surface area (Å²) in [5, 5.41) is 28.7. The van der Waals surface area contributed by atoms with E-state index in [0.29, 0.717) is 5.56 Å². The van der Waals surface area contributed by atoms with Crippen LogP contribution < -0.4 is 0 Å². The number of phenols is 3. The highest BCUT2D eigenvalue weighted by Gasteiger charge is 2.07. The summed E-state index contributed by atoms with van der Waals surface area (Å²) in [5.74, 6) is 0.590. The van der Waals surface area contributed by atoms with Crippen molar-refractivity contribution in [3.63, 3.8) is 0 Å². The molecule has 0 spiro atoms. The molecule has 104 valence electrons. The topological polar surface area (TPSA) is 60.7 Å². The van der Waals surface area contributed by atoms with Crippen LogP contribution in [0.4, 0.5) is 0 Å². The fraction of sp³-hybridized carbons (Fsp3) is 0. The zero-order valence-electron chi connectivity index (χ0n) is 11.2. The summed E-state index contributed by atoms with van der Waals surface area (Å²) in [6.45, 7) is 0. The molecule has 3 nitrogen and oxygen atoms in total. The molecule has 21 heavy (non-hydrogen) atoms. The Morgan fingerprint density at radius 3 is 1.52 bits per heavy atom. The van der Waals surface area contributed by atoms with Crippen LogP contribution in [0, 0.1) is 0 Å². The molecule has 0 aliphatic rings. The van der Waals surface area contributed by atoms with Crippen LogP contribution in [-0.2, 0) is 0 Å². The first-order valence-electron chi connectivity index (χ1n) is 6.55. The van der Waals surface area contributed by atoms with Gasteiger partial charge in [0.1, 0.15) is 17.2 Å². The SMILES string of the molecule is Oc1ccc(-c2ccc(O)c(-c3ccc(O)cc3)c2)cc1. The van der Waals surface area contributed by atoms with Crippen LogP contribution in [0.5, 0.6) is 17.2 Å². The zero-order chi connectivity index (χ0) is 14.8. The molecule has 3 aromatic rings. The summed E-state index contributed by atoms with van der Waals surface area (Å²) in [4.78, 5) is 0. The Balaban J connectivity index is 2.07. The van der Waals surface area contributed by atoms with Crippen molar-refractivity contribution < 1.29 is 15.3 Å². The van der Waals surface area contributed by atoms with Crippen molar-refractivity contribution in [2.75, 3.05) is 0 Å². The van der Waals surface area contributed by atoms with E-state index in [9.17, 15) is 15.3 Å². The first-order chi connectivity index (χ1) is 10.1. The molecular weight excluding hydrogens is 264 g/mol. The van der Waals surface area contributed by atoms with Gasteiger partial charge in [0.25, 0.3) is 0 Å². The number of aromatic hydroxyl groups is 3. The summed E-state index contributed by atoms with van der Waals surface area (Å²) in [6, 6.07) is 18.9. The Hall–Kier alpha value is -2.94. The first-order valence-corrected chi connectivity index (χ1v) is 6.55. The second kappa shape index (κ2) is 5.21. The molecule has 0 aromatic heterocycles. The molecule has 0 saturated carbocycles. The average Bonchev–Trinajstić information content (AvgIpc) is 2.50. The molecule has 0 aliphatic heterocycles. The van der Waals surface area contributed by atoms with Gasteiger partial charge in [0.05, 0.1) is 0 Å². The predicted molar refractivity (Wildman–Crippen MR) is 82.3 cm³/mol. The molecule has 0 saturated heterocycles. The summed E-state index contributed by atoms with van der Waals surface area (Å²) in [5.41, 5.74) is 3.41. The van der Waals surface area contributed by atoms with Crippen LogP contribution >= 0.6 is 0 Å². The van der Waals surface area contributed by atoms with Crippen molar-refractivity contribution in [3.8, 4) is 39.5 Å². The molecular formula is C18H14O3. The zero-order valence-corrected chi connectivity index (χ0v) is 11.2. The van der Waals surface area contributed by atoms with Gasteiger partial charge in [-0.3, -0.25) is 0 Å². The lowest BCUT2D eigenvalue weighted by Crippen LogP contribution is -1.83. The summed E-state index contributed by atoms with van der Waals surface area (Å²) in [6.07, 6.45) is 0. The lowest BCUT2D eigenvalue weighted by molar-refractivity contribution is 0.474. The van der Waals surface area contributed by atoms with Gasteiger partial charge in [-0.1, -0.05) is 30.3 Å². The van der Waals surface area contributed by atoms with Crippen LogP contribution in [0.15, 0.2) is 66.7 Å². The maximum atomic E-state index is 10.0. The van der Waals surface area contributed by atoms with Gasteiger partial charge in [-0.05, 0) is 53.1 Å². The number of benzene rings is 3. The highest BCUT2D eigenvalue weighted by atomic mass is 16.3. The van der Waals surface area contributed by atoms with Crippen LogP contribution in [0.25, 0.3) is 22.3 Å². The highest BCUT2D eigenvalue weighted by molar-refractivity contribution is 5.77. The molecule has 0 amide bonds. The molecule has 3 heteroatoms. The molecule has 0 bridgehead atoms. The van der Waals surface area contributed by atoms with E-state index in [1.807, 2.05) is 24.3 Å². The van der Waals surface area contributed by atoms with E-state index in [1.165, 1.54) is 0 Å². The number of phenolic OH excluding ortho intramolecular Hbond substituents is 3. The number of hydrogen-bond acceptors (Lipinski definition) is 3. The van der Waals surface area contributed by atoms with Crippen molar-refractivity contribution in [3.05, 3.63) is 66.7 Å². The minimum absolute atomic E-state index is 0.184. The monoisotopic (exact) mass is 278 g/mol. The summed E-state index contributed by atoms with van der Waals surface area (Å²) in [7, 11) is 0. The summed E-state index contributed by atoms with van der Waals surface area (Å²) >= 11 is 0. The van der Waals surface area contributed by atoms with E-state index in [1.54, 1.807) is 42.5 Å². The highest BCUT2D eigenvalue weighted by Crippen LogP contribution is 2.34. The number of rotatable bonds is 2. The predicted octanol–water partition coefficient (Wildman–Crippen LogP) is 4.14. The van der Waals surface area contributed by atoms with E-state index in [-0.39, 0.29) is 17.2 Å². The van der Waals surface area contributed by atoms with Crippen LogP contribution in [-0.4, -0.2) is 15.3 Å². The van der Waals surface area contributed by atoms with Gasteiger partial charge in [0.2, 0.25) is 0 Å². The van der Waals surface area contributed by atoms with Crippen molar-refractivity contribution in [2.45, 2.75) is 0 Å². The smallest absolute Gasteiger partial charge is 0.123 e. The molecule has 0 aliphatic carbocycles. The second-order valence-electron chi connectivity index (χ2n) is 4.83. The third-order valence-electron chi connectivity index (χ3n) is 3.38. The molecule has 0 fully saturated rings. The van der Waals surface area contributed by atoms with Gasteiger partial charge in [-0.25, -0.2) is 0 Å². The molecule has 3 aromatic carbocycles. The standard InChI is InChI=1S/C18H14O3/c19-15-6-1-12(2-7-15)14-5-10-18(21)17(11-14)13-3-8-16(20)9-4-13/h1-11,19-21H. The van der Waals surface area contributed by atoms with Gasteiger partial charge < -0.3 is 15.3 Å². The van der Waals surface area contributed by atoms with Crippen LogP contribution in [0.2, 0.25) is 0 Å². The van der Waals surface area contributed by atoms with Crippen molar-refractivity contribution in [1.82, 2.24) is 0 Å². The quantitative estimate of drug-likeness (QED) is 0.660. The first kappa shape index (κ1) is 13.1.